The van der Waals surface area contributed by atoms with Gasteiger partial charge in [-0.2, -0.15) is 5.10 Å². The molecule has 2 nitrogen and oxygen atoms in total. The molecule has 1 heterocycles. The van der Waals surface area contributed by atoms with Crippen molar-refractivity contribution in [3.63, 3.8) is 0 Å². The van der Waals surface area contributed by atoms with Crippen LogP contribution in [0.25, 0.3) is 0 Å². The summed E-state index contributed by atoms with van der Waals surface area (Å²) in [4.78, 5) is 0. The molecular weight excluding hydrogens is 148 g/mol. The van der Waals surface area contributed by atoms with Crippen LogP contribution in [0.1, 0.15) is 26.3 Å². The van der Waals surface area contributed by atoms with Gasteiger partial charge < -0.3 is 0 Å². The molecule has 0 aromatic carbocycles. The number of aromatic nitrogens is 2. The van der Waals surface area contributed by atoms with E-state index in [-0.39, 0.29) is 5.41 Å². The van der Waals surface area contributed by atoms with Gasteiger partial charge in [0, 0.05) is 18.3 Å². The molecule has 0 saturated heterocycles. The molecule has 1 aromatic heterocycles. The highest BCUT2D eigenvalue weighted by atomic mass is 15.3. The fraction of sp³-hybridized carbons (Fsp3) is 0.500. The average molecular weight is 162 g/mol. The van der Waals surface area contributed by atoms with Crippen molar-refractivity contribution in [2.75, 3.05) is 0 Å². The zero-order valence-corrected chi connectivity index (χ0v) is 7.83. The summed E-state index contributed by atoms with van der Waals surface area (Å²) in [5.41, 5.74) is 0.903. The number of hydrogen-bond donors (Lipinski definition) is 0. The lowest BCUT2D eigenvalue weighted by molar-refractivity contribution is 0.652. The number of hydrogen-bond acceptors (Lipinski definition) is 1. The quantitative estimate of drug-likeness (QED) is 0.606. The highest BCUT2D eigenvalue weighted by Gasteiger charge is 2.18. The third kappa shape index (κ3) is 1.50. The van der Waals surface area contributed by atoms with Gasteiger partial charge in [0.25, 0.3) is 0 Å². The lowest BCUT2D eigenvalue weighted by atomic mass is 9.88. The Morgan fingerprint density at radius 2 is 2.33 bits per heavy atom. The lowest BCUT2D eigenvalue weighted by Gasteiger charge is -2.13. The predicted molar refractivity (Wildman–Crippen MR) is 49.8 cm³/mol. The Kier molecular flexibility index (Phi) is 2.23. The van der Waals surface area contributed by atoms with Crippen molar-refractivity contribution in [1.82, 2.24) is 9.78 Å². The van der Waals surface area contributed by atoms with Crippen LogP contribution in [0.5, 0.6) is 0 Å². The summed E-state index contributed by atoms with van der Waals surface area (Å²) in [5, 5.41) is 4.17. The first-order valence-corrected chi connectivity index (χ1v) is 4.11. The monoisotopic (exact) mass is 162 g/mol. The number of nitrogens with zero attached hydrogens (tertiary/aromatic N) is 2. The van der Waals surface area contributed by atoms with Gasteiger partial charge in [0.1, 0.15) is 0 Å². The van der Waals surface area contributed by atoms with Gasteiger partial charge in [0.05, 0.1) is 11.6 Å². The Morgan fingerprint density at radius 1 is 1.67 bits per heavy atom. The Hall–Kier alpha value is -1.23. The molecule has 0 radical (unpaired) electrons. The molecule has 1 rings (SSSR count). The molecule has 12 heavy (non-hydrogen) atoms. The van der Waals surface area contributed by atoms with Gasteiger partial charge in [-0.3, -0.25) is 4.68 Å². The highest BCUT2D eigenvalue weighted by Crippen LogP contribution is 2.20. The fourth-order valence-corrected chi connectivity index (χ4v) is 0.943. The molecule has 64 valence electrons. The van der Waals surface area contributed by atoms with Crippen LogP contribution < -0.4 is 0 Å². The second-order valence-electron chi connectivity index (χ2n) is 3.35. The first-order valence-electron chi connectivity index (χ1n) is 4.11. The fourth-order valence-electron chi connectivity index (χ4n) is 0.943. The SMILES string of the molecule is C#CC(C)(C)c1cnn(CC)c1. The van der Waals surface area contributed by atoms with Crippen molar-refractivity contribution in [1.29, 1.82) is 0 Å². The molecule has 0 aliphatic heterocycles. The number of aryl methyl sites for hydroxylation is 1. The maximum Gasteiger partial charge on any atom is 0.0536 e. The van der Waals surface area contributed by atoms with Gasteiger partial charge in [-0.25, -0.2) is 0 Å². The van der Waals surface area contributed by atoms with Gasteiger partial charge in [-0.15, -0.1) is 6.42 Å². The van der Waals surface area contributed by atoms with Crippen LogP contribution in [0.3, 0.4) is 0 Å². The van der Waals surface area contributed by atoms with E-state index in [0.29, 0.717) is 0 Å². The Balaban J connectivity index is 2.98. The summed E-state index contributed by atoms with van der Waals surface area (Å²) in [5.74, 6) is 2.74. The van der Waals surface area contributed by atoms with E-state index in [0.717, 1.165) is 12.1 Å². The summed E-state index contributed by atoms with van der Waals surface area (Å²) < 4.78 is 1.88. The van der Waals surface area contributed by atoms with Crippen molar-refractivity contribution in [2.45, 2.75) is 32.7 Å². The van der Waals surface area contributed by atoms with E-state index in [1.54, 1.807) is 0 Å². The van der Waals surface area contributed by atoms with E-state index < -0.39 is 0 Å². The smallest absolute Gasteiger partial charge is 0.0536 e. The number of rotatable bonds is 2. The minimum atomic E-state index is -0.201. The van der Waals surface area contributed by atoms with Crippen molar-refractivity contribution in [2.24, 2.45) is 0 Å². The van der Waals surface area contributed by atoms with Crippen molar-refractivity contribution >= 4 is 0 Å². The van der Waals surface area contributed by atoms with Gasteiger partial charge in [0.15, 0.2) is 0 Å². The Labute approximate surface area is 73.6 Å². The summed E-state index contributed by atoms with van der Waals surface area (Å²) in [6.07, 6.45) is 9.24. The first kappa shape index (κ1) is 8.86. The van der Waals surface area contributed by atoms with Crippen LogP contribution in [0.15, 0.2) is 12.4 Å². The summed E-state index contributed by atoms with van der Waals surface area (Å²) in [6, 6.07) is 0. The van der Waals surface area contributed by atoms with E-state index in [4.69, 9.17) is 6.42 Å². The van der Waals surface area contributed by atoms with Crippen LogP contribution in [0, 0.1) is 12.3 Å². The molecule has 0 unspecified atom stereocenters. The summed E-state index contributed by atoms with van der Waals surface area (Å²) in [7, 11) is 0. The van der Waals surface area contributed by atoms with Crippen molar-refractivity contribution in [3.8, 4) is 12.3 Å². The standard InChI is InChI=1S/C10H14N2/c1-5-10(3,4)9-7-11-12(6-2)8-9/h1,7-8H,6H2,2-4H3. The Morgan fingerprint density at radius 3 is 2.75 bits per heavy atom. The van der Waals surface area contributed by atoms with Crippen LogP contribution in [0.4, 0.5) is 0 Å². The highest BCUT2D eigenvalue weighted by molar-refractivity contribution is 5.27. The predicted octanol–water partition coefficient (Wildman–Crippen LogP) is 1.81. The van der Waals surface area contributed by atoms with Gasteiger partial charge >= 0.3 is 0 Å². The molecule has 0 saturated carbocycles. The van der Waals surface area contributed by atoms with Crippen LogP contribution in [-0.2, 0) is 12.0 Å². The first-order chi connectivity index (χ1) is 5.60. The molecule has 2 heteroatoms. The van der Waals surface area contributed by atoms with Gasteiger partial charge in [-0.1, -0.05) is 5.92 Å². The molecule has 0 amide bonds. The van der Waals surface area contributed by atoms with E-state index in [9.17, 15) is 0 Å². The molecule has 0 spiro atoms. The third-order valence-corrected chi connectivity index (χ3v) is 2.04. The normalized spacial score (nSPS) is 11.2. The minimum Gasteiger partial charge on any atom is -0.273 e. The molecule has 0 aliphatic carbocycles. The van der Waals surface area contributed by atoms with Crippen LogP contribution >= 0.6 is 0 Å². The Bertz CT molecular complexity index is 302. The molecule has 0 bridgehead atoms. The molecule has 0 aliphatic rings. The second kappa shape index (κ2) is 3.02. The summed E-state index contributed by atoms with van der Waals surface area (Å²) >= 11 is 0. The maximum atomic E-state index is 5.40. The van der Waals surface area contributed by atoms with E-state index in [2.05, 4.69) is 17.9 Å². The van der Waals surface area contributed by atoms with Crippen LogP contribution in [-0.4, -0.2) is 9.78 Å². The number of terminal acetylenes is 1. The molecule has 0 N–H and O–H groups in total. The second-order valence-corrected chi connectivity index (χ2v) is 3.35. The molecular formula is C10H14N2. The molecule has 0 atom stereocenters. The topological polar surface area (TPSA) is 17.8 Å². The van der Waals surface area contributed by atoms with E-state index >= 15 is 0 Å². The zero-order valence-electron chi connectivity index (χ0n) is 7.83. The van der Waals surface area contributed by atoms with E-state index in [1.165, 1.54) is 0 Å². The molecule has 1 aromatic rings. The van der Waals surface area contributed by atoms with E-state index in [1.807, 2.05) is 30.9 Å². The maximum absolute atomic E-state index is 5.40. The lowest BCUT2D eigenvalue weighted by Crippen LogP contribution is -2.12. The van der Waals surface area contributed by atoms with Gasteiger partial charge in [0.2, 0.25) is 0 Å². The van der Waals surface area contributed by atoms with Gasteiger partial charge in [-0.05, 0) is 20.8 Å². The minimum absolute atomic E-state index is 0.201. The average Bonchev–Trinajstić information content (AvgIpc) is 2.52. The largest absolute Gasteiger partial charge is 0.273 e. The molecule has 0 fully saturated rings. The van der Waals surface area contributed by atoms with Crippen molar-refractivity contribution in [3.05, 3.63) is 18.0 Å². The zero-order chi connectivity index (χ0) is 9.19. The summed E-state index contributed by atoms with van der Waals surface area (Å²) in [6.45, 7) is 6.98. The van der Waals surface area contributed by atoms with Crippen LogP contribution in [0.2, 0.25) is 0 Å². The van der Waals surface area contributed by atoms with Crippen molar-refractivity contribution < 1.29 is 0 Å². The third-order valence-electron chi connectivity index (χ3n) is 2.04.